The molecule has 0 spiro atoms. The van der Waals surface area contributed by atoms with E-state index in [0.29, 0.717) is 18.5 Å². The summed E-state index contributed by atoms with van der Waals surface area (Å²) in [4.78, 5) is 17.2. The number of H-pyrrole nitrogens is 1. The van der Waals surface area contributed by atoms with Crippen LogP contribution in [-0.4, -0.2) is 33.7 Å². The highest BCUT2D eigenvalue weighted by Crippen LogP contribution is 2.25. The van der Waals surface area contributed by atoms with E-state index in [4.69, 9.17) is 11.5 Å². The number of hydrogen-bond acceptors (Lipinski definition) is 5. The van der Waals surface area contributed by atoms with Gasteiger partial charge in [0.1, 0.15) is 0 Å². The molecule has 2 rings (SSSR count). The number of primary amides is 1. The van der Waals surface area contributed by atoms with Crippen LogP contribution in [0.5, 0.6) is 0 Å². The number of rotatable bonds is 2. The Morgan fingerprint density at radius 1 is 1.56 bits per heavy atom. The number of aromatic amines is 1. The number of aromatic nitrogens is 3. The van der Waals surface area contributed by atoms with Gasteiger partial charge in [-0.3, -0.25) is 4.79 Å². The molecule has 1 aliphatic rings. The van der Waals surface area contributed by atoms with Gasteiger partial charge in [0.25, 0.3) is 0 Å². The molecule has 2 heterocycles. The van der Waals surface area contributed by atoms with Crippen molar-refractivity contribution in [1.29, 1.82) is 0 Å². The van der Waals surface area contributed by atoms with Crippen LogP contribution < -0.4 is 16.4 Å². The average molecular weight is 224 g/mol. The zero-order valence-electron chi connectivity index (χ0n) is 9.18. The van der Waals surface area contributed by atoms with Crippen molar-refractivity contribution >= 4 is 17.8 Å². The van der Waals surface area contributed by atoms with Crippen LogP contribution in [0.4, 0.5) is 11.9 Å². The van der Waals surface area contributed by atoms with Crippen LogP contribution in [0.1, 0.15) is 19.8 Å². The van der Waals surface area contributed by atoms with Crippen LogP contribution in [0.2, 0.25) is 0 Å². The summed E-state index contributed by atoms with van der Waals surface area (Å²) < 4.78 is 0. The monoisotopic (exact) mass is 224 g/mol. The zero-order chi connectivity index (χ0) is 11.7. The summed E-state index contributed by atoms with van der Waals surface area (Å²) in [5, 5.41) is 6.59. The maximum atomic E-state index is 11.2. The quantitative estimate of drug-likeness (QED) is 0.625. The fourth-order valence-corrected chi connectivity index (χ4v) is 2.01. The van der Waals surface area contributed by atoms with Crippen LogP contribution in [-0.2, 0) is 4.79 Å². The van der Waals surface area contributed by atoms with Gasteiger partial charge in [0.2, 0.25) is 17.8 Å². The molecule has 1 saturated heterocycles. The maximum absolute atomic E-state index is 11.2. The molecule has 1 aliphatic heterocycles. The Labute approximate surface area is 93.2 Å². The van der Waals surface area contributed by atoms with Crippen LogP contribution in [0.15, 0.2) is 0 Å². The minimum Gasteiger partial charge on any atom is -0.369 e. The summed E-state index contributed by atoms with van der Waals surface area (Å²) in [6.07, 6.45) is 1.73. The van der Waals surface area contributed by atoms with E-state index in [1.54, 1.807) is 0 Å². The predicted octanol–water partition coefficient (Wildman–Crippen LogP) is -0.523. The van der Waals surface area contributed by atoms with E-state index >= 15 is 0 Å². The Bertz CT molecular complexity index is 389. The molecule has 0 aliphatic carbocycles. The molecular formula is C9H16N6O. The molecule has 0 radical (unpaired) electrons. The summed E-state index contributed by atoms with van der Waals surface area (Å²) in [5.41, 5.74) is 10.8. The van der Waals surface area contributed by atoms with Crippen molar-refractivity contribution in [1.82, 2.24) is 15.2 Å². The van der Waals surface area contributed by atoms with Crippen molar-refractivity contribution < 1.29 is 4.79 Å². The van der Waals surface area contributed by atoms with E-state index in [2.05, 4.69) is 22.1 Å². The van der Waals surface area contributed by atoms with Crippen molar-refractivity contribution in [2.45, 2.75) is 25.8 Å². The van der Waals surface area contributed by atoms with E-state index in [0.717, 1.165) is 12.8 Å². The average Bonchev–Trinajstić information content (AvgIpc) is 2.65. The van der Waals surface area contributed by atoms with Crippen LogP contribution in [0, 0.1) is 5.92 Å². The fourth-order valence-electron chi connectivity index (χ4n) is 2.01. The first-order valence-corrected chi connectivity index (χ1v) is 5.31. The van der Waals surface area contributed by atoms with Crippen molar-refractivity contribution in [3.8, 4) is 0 Å². The van der Waals surface area contributed by atoms with Gasteiger partial charge >= 0.3 is 0 Å². The number of hydrogen-bond donors (Lipinski definition) is 3. The Balaban J connectivity index is 2.15. The van der Waals surface area contributed by atoms with Gasteiger partial charge < -0.3 is 16.4 Å². The predicted molar refractivity (Wildman–Crippen MR) is 59.5 cm³/mol. The minimum absolute atomic E-state index is 0.129. The van der Waals surface area contributed by atoms with Crippen LogP contribution in [0.3, 0.4) is 0 Å². The van der Waals surface area contributed by atoms with Gasteiger partial charge in [-0.25, -0.2) is 5.10 Å². The Morgan fingerprint density at radius 3 is 2.88 bits per heavy atom. The van der Waals surface area contributed by atoms with Gasteiger partial charge in [-0.05, 0) is 19.8 Å². The third-order valence-electron chi connectivity index (χ3n) is 3.03. The smallest absolute Gasteiger partial charge is 0.246 e. The number of carbonyl (C=O) groups is 1. The summed E-state index contributed by atoms with van der Waals surface area (Å²) in [5.74, 6) is 0.427. The van der Waals surface area contributed by atoms with E-state index in [-0.39, 0.29) is 17.8 Å². The number of nitrogens with one attached hydrogen (secondary N) is 1. The molecule has 5 N–H and O–H groups in total. The van der Waals surface area contributed by atoms with Gasteiger partial charge in [-0.15, -0.1) is 5.10 Å². The lowest BCUT2D eigenvalue weighted by Crippen LogP contribution is -2.46. The molecule has 2 atom stereocenters. The fraction of sp³-hybridized carbons (Fsp3) is 0.667. The third kappa shape index (κ3) is 1.93. The number of carbonyl (C=O) groups excluding carboxylic acids is 1. The molecule has 16 heavy (non-hydrogen) atoms. The van der Waals surface area contributed by atoms with E-state index in [9.17, 15) is 4.79 Å². The Hall–Kier alpha value is -1.79. The van der Waals surface area contributed by atoms with E-state index in [1.165, 1.54) is 0 Å². The molecule has 1 fully saturated rings. The summed E-state index contributed by atoms with van der Waals surface area (Å²) in [6.45, 7) is 2.64. The molecular weight excluding hydrogens is 208 g/mol. The topological polar surface area (TPSA) is 114 Å². The van der Waals surface area contributed by atoms with Crippen LogP contribution >= 0.6 is 0 Å². The second-order valence-electron chi connectivity index (χ2n) is 4.20. The lowest BCUT2D eigenvalue weighted by Gasteiger charge is -2.35. The number of nitrogen functional groups attached to an aromatic ring is 1. The molecule has 88 valence electrons. The summed E-state index contributed by atoms with van der Waals surface area (Å²) in [7, 11) is 0. The lowest BCUT2D eigenvalue weighted by atomic mass is 9.93. The Kier molecular flexibility index (Phi) is 2.67. The molecule has 1 aromatic rings. The molecule has 1 aromatic heterocycles. The van der Waals surface area contributed by atoms with E-state index < -0.39 is 0 Å². The largest absolute Gasteiger partial charge is 0.369 e. The van der Waals surface area contributed by atoms with Crippen LogP contribution in [0.25, 0.3) is 0 Å². The van der Waals surface area contributed by atoms with Crippen molar-refractivity contribution in [2.24, 2.45) is 11.7 Å². The van der Waals surface area contributed by atoms with Gasteiger partial charge in [-0.1, -0.05) is 0 Å². The molecule has 1 amide bonds. The highest BCUT2D eigenvalue weighted by atomic mass is 16.1. The van der Waals surface area contributed by atoms with Crippen molar-refractivity contribution in [2.75, 3.05) is 17.2 Å². The summed E-state index contributed by atoms with van der Waals surface area (Å²) in [6, 6.07) is 0.297. The van der Waals surface area contributed by atoms with E-state index in [1.807, 2.05) is 4.90 Å². The highest BCUT2D eigenvalue weighted by molar-refractivity contribution is 5.77. The van der Waals surface area contributed by atoms with Gasteiger partial charge in [0, 0.05) is 12.6 Å². The van der Waals surface area contributed by atoms with Crippen molar-refractivity contribution in [3.05, 3.63) is 0 Å². The zero-order valence-corrected chi connectivity index (χ0v) is 9.18. The molecule has 0 aromatic carbocycles. The number of piperidine rings is 1. The lowest BCUT2D eigenvalue weighted by molar-refractivity contribution is -0.122. The number of nitrogens with two attached hydrogens (primary N) is 2. The molecule has 7 nitrogen and oxygen atoms in total. The SMILES string of the molecule is CC1CCC(C(N)=O)CN1c1n[nH]c(N)n1. The van der Waals surface area contributed by atoms with Gasteiger partial charge in [0.15, 0.2) is 0 Å². The normalized spacial score (nSPS) is 25.7. The first kappa shape index (κ1) is 10.7. The maximum Gasteiger partial charge on any atom is 0.246 e. The highest BCUT2D eigenvalue weighted by Gasteiger charge is 2.30. The second-order valence-corrected chi connectivity index (χ2v) is 4.20. The third-order valence-corrected chi connectivity index (χ3v) is 3.03. The molecule has 7 heteroatoms. The van der Waals surface area contributed by atoms with Crippen molar-refractivity contribution in [3.63, 3.8) is 0 Å². The second kappa shape index (κ2) is 3.99. The van der Waals surface area contributed by atoms with Gasteiger partial charge in [0.05, 0.1) is 5.92 Å². The first-order chi connectivity index (χ1) is 7.58. The molecule has 0 bridgehead atoms. The van der Waals surface area contributed by atoms with Gasteiger partial charge in [-0.2, -0.15) is 4.98 Å². The number of nitrogens with zero attached hydrogens (tertiary/aromatic N) is 3. The number of amides is 1. The molecule has 0 saturated carbocycles. The first-order valence-electron chi connectivity index (χ1n) is 5.31. The minimum atomic E-state index is -0.264. The summed E-state index contributed by atoms with van der Waals surface area (Å²) >= 11 is 0. The standard InChI is InChI=1S/C9H16N6O/c1-5-2-3-6(7(10)16)4-15(5)9-12-8(11)13-14-9/h5-6H,2-4H2,1H3,(H2,10,16)(H3,11,12,13,14). The number of anilines is 2. The molecule has 2 unspecified atom stereocenters. The Morgan fingerprint density at radius 2 is 2.31 bits per heavy atom.